The normalized spacial score (nSPS) is 22.7. The van der Waals surface area contributed by atoms with Crippen molar-refractivity contribution >= 4 is 11.4 Å². The van der Waals surface area contributed by atoms with Crippen LogP contribution in [0.1, 0.15) is 26.7 Å². The molecule has 2 atom stereocenters. The van der Waals surface area contributed by atoms with Crippen LogP contribution in [0.15, 0.2) is 35.9 Å². The molecular formula is C15H20N2O2. The van der Waals surface area contributed by atoms with Crippen LogP contribution in [0.25, 0.3) is 0 Å². The van der Waals surface area contributed by atoms with Crippen LogP contribution in [0.2, 0.25) is 0 Å². The van der Waals surface area contributed by atoms with Gasteiger partial charge in [-0.2, -0.15) is 0 Å². The zero-order chi connectivity index (χ0) is 13.8. The van der Waals surface area contributed by atoms with Gasteiger partial charge in [0.25, 0.3) is 5.69 Å². The molecule has 1 N–H and O–H groups in total. The van der Waals surface area contributed by atoms with E-state index >= 15 is 0 Å². The third kappa shape index (κ3) is 3.56. The van der Waals surface area contributed by atoms with Crippen molar-refractivity contribution in [2.45, 2.75) is 26.7 Å². The summed E-state index contributed by atoms with van der Waals surface area (Å²) in [6, 6.07) is 6.79. The quantitative estimate of drug-likeness (QED) is 0.505. The molecule has 102 valence electrons. The zero-order valence-corrected chi connectivity index (χ0v) is 11.4. The van der Waals surface area contributed by atoms with Crippen LogP contribution < -0.4 is 5.32 Å². The molecule has 0 spiro atoms. The van der Waals surface area contributed by atoms with Crippen LogP contribution in [0.3, 0.4) is 0 Å². The van der Waals surface area contributed by atoms with Crippen molar-refractivity contribution < 1.29 is 4.92 Å². The summed E-state index contributed by atoms with van der Waals surface area (Å²) in [5.41, 5.74) is 2.09. The number of para-hydroxylation sites is 2. The number of nitro benzene ring substituents is 1. The van der Waals surface area contributed by atoms with Gasteiger partial charge < -0.3 is 5.32 Å². The van der Waals surface area contributed by atoms with E-state index in [-0.39, 0.29) is 10.6 Å². The highest BCUT2D eigenvalue weighted by Gasteiger charge is 2.17. The Hall–Kier alpha value is -1.84. The fourth-order valence-corrected chi connectivity index (χ4v) is 2.83. The van der Waals surface area contributed by atoms with Gasteiger partial charge in [-0.25, -0.2) is 0 Å². The number of nitrogens with one attached hydrogen (secondary N) is 1. The molecule has 0 aromatic heterocycles. The predicted molar refractivity (Wildman–Crippen MR) is 77.2 cm³/mol. The molecule has 0 saturated heterocycles. The molecule has 0 saturated carbocycles. The molecule has 1 aromatic carbocycles. The summed E-state index contributed by atoms with van der Waals surface area (Å²) in [4.78, 5) is 10.6. The first-order valence-electron chi connectivity index (χ1n) is 6.73. The highest BCUT2D eigenvalue weighted by molar-refractivity contribution is 5.61. The Labute approximate surface area is 113 Å². The van der Waals surface area contributed by atoms with Gasteiger partial charge in [-0.15, -0.1) is 0 Å². The summed E-state index contributed by atoms with van der Waals surface area (Å²) in [7, 11) is 0. The van der Waals surface area contributed by atoms with Gasteiger partial charge in [0, 0.05) is 12.6 Å². The highest BCUT2D eigenvalue weighted by Crippen LogP contribution is 2.29. The maximum atomic E-state index is 10.9. The van der Waals surface area contributed by atoms with Crippen molar-refractivity contribution in [2.24, 2.45) is 11.8 Å². The van der Waals surface area contributed by atoms with Crippen LogP contribution in [-0.2, 0) is 0 Å². The van der Waals surface area contributed by atoms with Crippen LogP contribution in [0.4, 0.5) is 11.4 Å². The second kappa shape index (κ2) is 5.87. The molecular weight excluding hydrogens is 240 g/mol. The molecule has 0 heterocycles. The fraction of sp³-hybridized carbons (Fsp3) is 0.467. The van der Waals surface area contributed by atoms with Crippen LogP contribution >= 0.6 is 0 Å². The number of nitrogens with zero attached hydrogens (tertiary/aromatic N) is 1. The number of benzene rings is 1. The van der Waals surface area contributed by atoms with Gasteiger partial charge in [0.1, 0.15) is 5.69 Å². The lowest BCUT2D eigenvalue weighted by atomic mass is 9.84. The van der Waals surface area contributed by atoms with Gasteiger partial charge in [0.05, 0.1) is 4.92 Å². The van der Waals surface area contributed by atoms with E-state index in [1.807, 2.05) is 6.07 Å². The highest BCUT2D eigenvalue weighted by atomic mass is 16.6. The van der Waals surface area contributed by atoms with Gasteiger partial charge in [-0.1, -0.05) is 37.6 Å². The second-order valence-electron chi connectivity index (χ2n) is 5.48. The Balaban J connectivity index is 2.05. The molecule has 19 heavy (non-hydrogen) atoms. The number of allylic oxidation sites excluding steroid dienone is 1. The zero-order valence-electron chi connectivity index (χ0n) is 11.4. The molecule has 4 nitrogen and oxygen atoms in total. The van der Waals surface area contributed by atoms with E-state index in [1.54, 1.807) is 12.1 Å². The standard InChI is InChI=1S/C15H20N2O2/c1-11-7-12(2)9-13(8-11)10-16-14-5-3-4-6-15(14)17(18)19/h3-6,8,11-12,16H,7,9-10H2,1-2H3. The van der Waals surface area contributed by atoms with E-state index < -0.39 is 0 Å². The average Bonchev–Trinajstić information content (AvgIpc) is 2.35. The van der Waals surface area contributed by atoms with Gasteiger partial charge >= 0.3 is 0 Å². The fourth-order valence-electron chi connectivity index (χ4n) is 2.83. The summed E-state index contributed by atoms with van der Waals surface area (Å²) in [6.45, 7) is 5.18. The van der Waals surface area contributed by atoms with Crippen molar-refractivity contribution in [1.82, 2.24) is 0 Å². The summed E-state index contributed by atoms with van der Waals surface area (Å²) < 4.78 is 0. The summed E-state index contributed by atoms with van der Waals surface area (Å²) in [5, 5.41) is 14.1. The van der Waals surface area contributed by atoms with Crippen LogP contribution in [0.5, 0.6) is 0 Å². The Kier molecular flexibility index (Phi) is 4.20. The average molecular weight is 260 g/mol. The molecule has 0 aliphatic heterocycles. The van der Waals surface area contributed by atoms with E-state index in [0.29, 0.717) is 24.1 Å². The molecule has 0 bridgehead atoms. The van der Waals surface area contributed by atoms with Crippen molar-refractivity contribution in [3.63, 3.8) is 0 Å². The maximum Gasteiger partial charge on any atom is 0.292 e. The largest absolute Gasteiger partial charge is 0.376 e. The molecule has 2 rings (SSSR count). The van der Waals surface area contributed by atoms with Crippen LogP contribution in [-0.4, -0.2) is 11.5 Å². The minimum absolute atomic E-state index is 0.139. The number of hydrogen-bond donors (Lipinski definition) is 1. The first-order chi connectivity index (χ1) is 9.06. The van der Waals surface area contributed by atoms with Crippen molar-refractivity contribution in [3.8, 4) is 0 Å². The first kappa shape index (κ1) is 13.6. The van der Waals surface area contributed by atoms with E-state index in [9.17, 15) is 10.1 Å². The van der Waals surface area contributed by atoms with Gasteiger partial charge in [-0.05, 0) is 30.7 Å². The Morgan fingerprint density at radius 1 is 1.37 bits per heavy atom. The lowest BCUT2D eigenvalue weighted by Crippen LogP contribution is -2.15. The molecule has 4 heteroatoms. The Morgan fingerprint density at radius 2 is 2.11 bits per heavy atom. The van der Waals surface area contributed by atoms with Gasteiger partial charge in [0.15, 0.2) is 0 Å². The number of anilines is 1. The van der Waals surface area contributed by atoms with Crippen molar-refractivity contribution in [1.29, 1.82) is 0 Å². The molecule has 0 amide bonds. The Bertz CT molecular complexity index is 497. The van der Waals surface area contributed by atoms with Crippen molar-refractivity contribution in [2.75, 3.05) is 11.9 Å². The molecule has 1 aliphatic carbocycles. The van der Waals surface area contributed by atoms with Gasteiger partial charge in [-0.3, -0.25) is 10.1 Å². The number of nitro groups is 1. The second-order valence-corrected chi connectivity index (χ2v) is 5.48. The lowest BCUT2D eigenvalue weighted by molar-refractivity contribution is -0.383. The summed E-state index contributed by atoms with van der Waals surface area (Å²) in [5.74, 6) is 1.30. The lowest BCUT2D eigenvalue weighted by Gasteiger charge is -2.24. The summed E-state index contributed by atoms with van der Waals surface area (Å²) >= 11 is 0. The molecule has 2 unspecified atom stereocenters. The molecule has 1 aromatic rings. The predicted octanol–water partition coefficient (Wildman–Crippen LogP) is 4.00. The van der Waals surface area contributed by atoms with E-state index in [0.717, 1.165) is 6.42 Å². The van der Waals surface area contributed by atoms with Gasteiger partial charge in [0.2, 0.25) is 0 Å². The van der Waals surface area contributed by atoms with Crippen LogP contribution in [0, 0.1) is 22.0 Å². The number of hydrogen-bond acceptors (Lipinski definition) is 3. The molecule has 0 fully saturated rings. The van der Waals surface area contributed by atoms with E-state index in [2.05, 4.69) is 25.2 Å². The SMILES string of the molecule is CC1C=C(CNc2ccccc2[N+](=O)[O-])CC(C)C1. The molecule has 0 radical (unpaired) electrons. The third-order valence-corrected chi connectivity index (χ3v) is 3.51. The maximum absolute atomic E-state index is 10.9. The first-order valence-corrected chi connectivity index (χ1v) is 6.73. The third-order valence-electron chi connectivity index (χ3n) is 3.51. The minimum Gasteiger partial charge on any atom is -0.376 e. The summed E-state index contributed by atoms with van der Waals surface area (Å²) in [6.07, 6.45) is 4.61. The minimum atomic E-state index is -0.344. The molecule has 1 aliphatic rings. The smallest absolute Gasteiger partial charge is 0.292 e. The topological polar surface area (TPSA) is 55.2 Å². The van der Waals surface area contributed by atoms with E-state index in [1.165, 1.54) is 18.1 Å². The van der Waals surface area contributed by atoms with E-state index in [4.69, 9.17) is 0 Å². The Morgan fingerprint density at radius 3 is 2.79 bits per heavy atom. The number of rotatable bonds is 4. The van der Waals surface area contributed by atoms with Crippen molar-refractivity contribution in [3.05, 3.63) is 46.0 Å². The monoisotopic (exact) mass is 260 g/mol.